The van der Waals surface area contributed by atoms with Crippen LogP contribution in [0.5, 0.6) is 0 Å². The van der Waals surface area contributed by atoms with E-state index in [1.807, 2.05) is 0 Å². The zero-order chi connectivity index (χ0) is 12.8. The molecule has 6 heteroatoms. The lowest BCUT2D eigenvalue weighted by molar-refractivity contribution is 0.0835. The van der Waals surface area contributed by atoms with E-state index in [1.165, 1.54) is 19.2 Å². The number of aliphatic hydroxyl groups excluding tert-OH is 1. The Morgan fingerprint density at radius 3 is 2.88 bits per heavy atom. The van der Waals surface area contributed by atoms with Crippen molar-refractivity contribution in [3.8, 4) is 0 Å². The first-order valence-electron chi connectivity index (χ1n) is 4.94. The molecule has 1 unspecified atom stereocenters. The standard InChI is InChI=1S/C11H13BrFNO3/c1-17-6-7(5-15)14-11(16)10-8(12)3-2-4-9(10)13/h2-4,7,15H,5-6H2,1H3,(H,14,16). The molecule has 94 valence electrons. The van der Waals surface area contributed by atoms with Crippen LogP contribution >= 0.6 is 15.9 Å². The molecule has 0 saturated heterocycles. The van der Waals surface area contributed by atoms with Gasteiger partial charge in [0.25, 0.3) is 5.91 Å². The molecule has 1 atom stereocenters. The second kappa shape index (κ2) is 6.68. The fraction of sp³-hybridized carbons (Fsp3) is 0.364. The van der Waals surface area contributed by atoms with Crippen LogP contribution in [0.3, 0.4) is 0 Å². The molecule has 1 aromatic carbocycles. The van der Waals surface area contributed by atoms with Crippen molar-refractivity contribution >= 4 is 21.8 Å². The topological polar surface area (TPSA) is 58.6 Å². The van der Waals surface area contributed by atoms with Gasteiger partial charge in [0.1, 0.15) is 5.82 Å². The van der Waals surface area contributed by atoms with Crippen LogP contribution in [0.2, 0.25) is 0 Å². The van der Waals surface area contributed by atoms with E-state index in [4.69, 9.17) is 9.84 Å². The number of rotatable bonds is 5. The van der Waals surface area contributed by atoms with E-state index in [1.54, 1.807) is 6.07 Å². The van der Waals surface area contributed by atoms with Gasteiger partial charge in [-0.2, -0.15) is 0 Å². The molecular weight excluding hydrogens is 293 g/mol. The second-order valence-electron chi connectivity index (χ2n) is 3.40. The molecule has 0 aliphatic rings. The van der Waals surface area contributed by atoms with E-state index in [0.29, 0.717) is 4.47 Å². The molecule has 4 nitrogen and oxygen atoms in total. The van der Waals surface area contributed by atoms with E-state index in [0.717, 1.165) is 0 Å². The number of amides is 1. The van der Waals surface area contributed by atoms with Gasteiger partial charge in [-0.1, -0.05) is 6.07 Å². The fourth-order valence-electron chi connectivity index (χ4n) is 1.31. The summed E-state index contributed by atoms with van der Waals surface area (Å²) in [5.74, 6) is -1.21. The Morgan fingerprint density at radius 1 is 1.65 bits per heavy atom. The van der Waals surface area contributed by atoms with Crippen molar-refractivity contribution in [2.75, 3.05) is 20.3 Å². The monoisotopic (exact) mass is 305 g/mol. The summed E-state index contributed by atoms with van der Waals surface area (Å²) < 4.78 is 18.6. The van der Waals surface area contributed by atoms with E-state index in [9.17, 15) is 9.18 Å². The minimum atomic E-state index is -0.619. The number of methoxy groups -OCH3 is 1. The summed E-state index contributed by atoms with van der Waals surface area (Å²) in [5, 5.41) is 11.5. The Balaban J connectivity index is 2.82. The highest BCUT2D eigenvalue weighted by molar-refractivity contribution is 9.10. The summed E-state index contributed by atoms with van der Waals surface area (Å²) >= 11 is 3.10. The third-order valence-electron chi connectivity index (χ3n) is 2.11. The number of carbonyl (C=O) groups excluding carboxylic acids is 1. The van der Waals surface area contributed by atoms with Gasteiger partial charge in [0.15, 0.2) is 0 Å². The van der Waals surface area contributed by atoms with E-state index < -0.39 is 17.8 Å². The summed E-state index contributed by atoms with van der Waals surface area (Å²) in [6.07, 6.45) is 0. The normalized spacial score (nSPS) is 12.2. The van der Waals surface area contributed by atoms with Crippen LogP contribution in [0.4, 0.5) is 4.39 Å². The van der Waals surface area contributed by atoms with Gasteiger partial charge >= 0.3 is 0 Å². The van der Waals surface area contributed by atoms with Crippen LogP contribution in [0.15, 0.2) is 22.7 Å². The molecular formula is C11H13BrFNO3. The summed E-state index contributed by atoms with van der Waals surface area (Å²) in [4.78, 5) is 11.8. The van der Waals surface area contributed by atoms with Crippen LogP contribution in [-0.2, 0) is 4.74 Å². The van der Waals surface area contributed by atoms with Crippen LogP contribution in [0.25, 0.3) is 0 Å². The quantitative estimate of drug-likeness (QED) is 0.863. The van der Waals surface area contributed by atoms with Gasteiger partial charge in [-0.3, -0.25) is 4.79 Å². The first-order chi connectivity index (χ1) is 8.10. The molecule has 1 aromatic rings. The highest BCUT2D eigenvalue weighted by atomic mass is 79.9. The number of hydrogen-bond donors (Lipinski definition) is 2. The maximum absolute atomic E-state index is 13.5. The molecule has 0 radical (unpaired) electrons. The lowest BCUT2D eigenvalue weighted by atomic mass is 10.2. The van der Waals surface area contributed by atoms with Gasteiger partial charge in [0, 0.05) is 11.6 Å². The van der Waals surface area contributed by atoms with Crippen LogP contribution in [0.1, 0.15) is 10.4 Å². The van der Waals surface area contributed by atoms with Gasteiger partial charge in [0.2, 0.25) is 0 Å². The zero-order valence-electron chi connectivity index (χ0n) is 9.24. The molecule has 1 amide bonds. The number of benzene rings is 1. The van der Waals surface area contributed by atoms with Crippen LogP contribution in [-0.4, -0.2) is 37.4 Å². The van der Waals surface area contributed by atoms with Gasteiger partial charge in [-0.15, -0.1) is 0 Å². The second-order valence-corrected chi connectivity index (χ2v) is 4.26. The number of hydrogen-bond acceptors (Lipinski definition) is 3. The molecule has 17 heavy (non-hydrogen) atoms. The average molecular weight is 306 g/mol. The largest absolute Gasteiger partial charge is 0.394 e. The molecule has 0 heterocycles. The maximum atomic E-state index is 13.5. The number of carbonyl (C=O) groups is 1. The molecule has 0 aliphatic carbocycles. The minimum absolute atomic E-state index is 0.0814. The fourth-order valence-corrected chi connectivity index (χ4v) is 1.84. The number of ether oxygens (including phenoxy) is 1. The Labute approximate surface area is 107 Å². The van der Waals surface area contributed by atoms with Crippen LogP contribution < -0.4 is 5.32 Å². The summed E-state index contributed by atoms with van der Waals surface area (Å²) in [6.45, 7) is -0.111. The molecule has 0 fully saturated rings. The first-order valence-corrected chi connectivity index (χ1v) is 5.74. The predicted molar refractivity (Wildman–Crippen MR) is 64.3 cm³/mol. The molecule has 0 bridgehead atoms. The third-order valence-corrected chi connectivity index (χ3v) is 2.77. The highest BCUT2D eigenvalue weighted by Crippen LogP contribution is 2.19. The summed E-state index contributed by atoms with van der Waals surface area (Å²) in [7, 11) is 1.45. The average Bonchev–Trinajstić information content (AvgIpc) is 2.28. The highest BCUT2D eigenvalue weighted by Gasteiger charge is 2.18. The lowest BCUT2D eigenvalue weighted by Gasteiger charge is -2.16. The Hall–Kier alpha value is -0.980. The number of nitrogens with one attached hydrogen (secondary N) is 1. The van der Waals surface area contributed by atoms with Crippen molar-refractivity contribution in [2.24, 2.45) is 0 Å². The van der Waals surface area contributed by atoms with Gasteiger partial charge in [0.05, 0.1) is 24.8 Å². The SMILES string of the molecule is COCC(CO)NC(=O)c1c(F)cccc1Br. The Bertz CT molecular complexity index is 380. The summed E-state index contributed by atoms with van der Waals surface area (Å²) in [6, 6.07) is 3.71. The van der Waals surface area contributed by atoms with Crippen LogP contribution in [0, 0.1) is 5.82 Å². The molecule has 1 rings (SSSR count). The Kier molecular flexibility index (Phi) is 5.54. The van der Waals surface area contributed by atoms with Crippen molar-refractivity contribution < 1.29 is 19.0 Å². The molecule has 0 aromatic heterocycles. The molecule has 0 aliphatic heterocycles. The molecule has 2 N–H and O–H groups in total. The predicted octanol–water partition coefficient (Wildman–Crippen LogP) is 1.33. The smallest absolute Gasteiger partial charge is 0.255 e. The van der Waals surface area contributed by atoms with E-state index >= 15 is 0 Å². The molecule has 0 saturated carbocycles. The van der Waals surface area contributed by atoms with Crippen molar-refractivity contribution in [1.29, 1.82) is 0 Å². The third kappa shape index (κ3) is 3.76. The number of halogens is 2. The van der Waals surface area contributed by atoms with E-state index in [2.05, 4.69) is 21.2 Å². The minimum Gasteiger partial charge on any atom is -0.394 e. The first kappa shape index (κ1) is 14.1. The van der Waals surface area contributed by atoms with Gasteiger partial charge in [-0.05, 0) is 28.1 Å². The van der Waals surface area contributed by atoms with Gasteiger partial charge in [-0.25, -0.2) is 4.39 Å². The molecule has 0 spiro atoms. The van der Waals surface area contributed by atoms with Gasteiger partial charge < -0.3 is 15.2 Å². The van der Waals surface area contributed by atoms with E-state index in [-0.39, 0.29) is 18.8 Å². The van der Waals surface area contributed by atoms with Crippen molar-refractivity contribution in [1.82, 2.24) is 5.32 Å². The van der Waals surface area contributed by atoms with Crippen molar-refractivity contribution in [3.05, 3.63) is 34.1 Å². The maximum Gasteiger partial charge on any atom is 0.255 e. The van der Waals surface area contributed by atoms with Crippen molar-refractivity contribution in [2.45, 2.75) is 6.04 Å². The Morgan fingerprint density at radius 2 is 2.35 bits per heavy atom. The lowest BCUT2D eigenvalue weighted by Crippen LogP contribution is -2.41. The zero-order valence-corrected chi connectivity index (χ0v) is 10.8. The van der Waals surface area contributed by atoms with Crippen molar-refractivity contribution in [3.63, 3.8) is 0 Å². The summed E-state index contributed by atoms with van der Waals surface area (Å²) in [5.41, 5.74) is -0.0814. The number of aliphatic hydroxyl groups is 1.